The van der Waals surface area contributed by atoms with Crippen LogP contribution >= 0.6 is 15.9 Å². The van der Waals surface area contributed by atoms with Gasteiger partial charge in [0.1, 0.15) is 18.6 Å². The molecule has 2 bridgehead atoms. The fraction of sp³-hybridized carbons (Fsp3) is 0.562. The molecular formula is C32H36BrF2N5O. The fourth-order valence-corrected chi connectivity index (χ4v) is 9.09. The zero-order chi connectivity index (χ0) is 27.7. The third kappa shape index (κ3) is 4.54. The van der Waals surface area contributed by atoms with E-state index in [9.17, 15) is 8.78 Å². The van der Waals surface area contributed by atoms with Crippen LogP contribution in [0.25, 0.3) is 10.8 Å². The largest absolute Gasteiger partial charge is 0.461 e. The summed E-state index contributed by atoms with van der Waals surface area (Å²) in [6.45, 7) is 3.31. The van der Waals surface area contributed by atoms with Gasteiger partial charge in [-0.1, -0.05) is 18.2 Å². The highest BCUT2D eigenvalue weighted by molar-refractivity contribution is 9.10. The van der Waals surface area contributed by atoms with Gasteiger partial charge in [0.25, 0.3) is 0 Å². The van der Waals surface area contributed by atoms with Gasteiger partial charge in [-0.15, -0.1) is 0 Å². The average Bonchev–Trinajstić information content (AvgIpc) is 3.63. The quantitative estimate of drug-likeness (QED) is 0.374. The Kier molecular flexibility index (Phi) is 6.49. The first-order chi connectivity index (χ1) is 20.0. The highest BCUT2D eigenvalue weighted by Crippen LogP contribution is 2.43. The standard InChI is InChI=1S/C32H36BrF2N5O/c33-29-25(35)8-5-19-3-1-4-27(28(19)29)39-12-9-24-26(17-39)37-31(38-30(24)20-13-22-6-7-23(14-20)36-22)41-18-32-10-2-11-40(32)16-21(34)15-32/h1,3-5,8,20-23,36H,2,6-7,9-18H2/t20-,21-,22-,23+,32+/m1/s1. The van der Waals surface area contributed by atoms with Crippen molar-refractivity contribution in [3.05, 3.63) is 57.6 Å². The fourth-order valence-electron chi connectivity index (χ4n) is 8.53. The zero-order valence-corrected chi connectivity index (χ0v) is 24.8. The lowest BCUT2D eigenvalue weighted by atomic mass is 9.85. The second kappa shape index (κ2) is 10.1. The van der Waals surface area contributed by atoms with Crippen molar-refractivity contribution in [1.82, 2.24) is 20.2 Å². The number of piperidine rings is 1. The SMILES string of the molecule is Fc1ccc2cccc(N3CCc4c(nc(OC[C@@]56CCCN5C[C@H](F)C6)nc4[C@@H]4C[C@H]5CC[C@@H](C4)N5)C3)c2c1Br. The minimum absolute atomic E-state index is 0.238. The number of hydrogen-bond acceptors (Lipinski definition) is 6. The average molecular weight is 625 g/mol. The molecule has 8 rings (SSSR count). The first-order valence-corrected chi connectivity index (χ1v) is 16.0. The number of ether oxygens (including phenoxy) is 1. The van der Waals surface area contributed by atoms with Crippen LogP contribution in [0.2, 0.25) is 0 Å². The Morgan fingerprint density at radius 3 is 2.80 bits per heavy atom. The minimum Gasteiger partial charge on any atom is -0.461 e. The van der Waals surface area contributed by atoms with Crippen molar-refractivity contribution in [2.24, 2.45) is 0 Å². The Morgan fingerprint density at radius 1 is 1.10 bits per heavy atom. The first-order valence-electron chi connectivity index (χ1n) is 15.3. The molecule has 6 heterocycles. The summed E-state index contributed by atoms with van der Waals surface area (Å²) in [5, 5.41) is 5.66. The monoisotopic (exact) mass is 623 g/mol. The van der Waals surface area contributed by atoms with E-state index >= 15 is 0 Å². The normalized spacial score (nSPS) is 31.0. The van der Waals surface area contributed by atoms with Crippen molar-refractivity contribution in [2.75, 3.05) is 31.1 Å². The molecule has 1 N–H and O–H groups in total. The van der Waals surface area contributed by atoms with Gasteiger partial charge in [-0.3, -0.25) is 4.90 Å². The molecule has 3 aromatic rings. The van der Waals surface area contributed by atoms with E-state index in [1.165, 1.54) is 24.5 Å². The number of benzene rings is 2. The van der Waals surface area contributed by atoms with E-state index in [0.29, 0.717) is 54.6 Å². The number of halogens is 3. The first kappa shape index (κ1) is 26.3. The summed E-state index contributed by atoms with van der Waals surface area (Å²) in [6, 6.07) is 11.0. The third-order valence-electron chi connectivity index (χ3n) is 10.4. The van der Waals surface area contributed by atoms with Crippen molar-refractivity contribution >= 4 is 32.4 Å². The van der Waals surface area contributed by atoms with E-state index in [0.717, 1.165) is 73.0 Å². The number of alkyl halides is 1. The van der Waals surface area contributed by atoms with Crippen LogP contribution in [-0.2, 0) is 13.0 Å². The number of nitrogens with one attached hydrogen (secondary N) is 1. The Bertz CT molecular complexity index is 1490. The molecule has 1 aromatic heterocycles. The second-order valence-electron chi connectivity index (χ2n) is 12.9. The molecule has 6 nitrogen and oxygen atoms in total. The predicted molar refractivity (Wildman–Crippen MR) is 159 cm³/mol. The van der Waals surface area contributed by atoms with Crippen molar-refractivity contribution in [1.29, 1.82) is 0 Å². The lowest BCUT2D eigenvalue weighted by Crippen LogP contribution is -2.43. The molecule has 5 atom stereocenters. The van der Waals surface area contributed by atoms with Crippen LogP contribution in [0.5, 0.6) is 6.01 Å². The summed E-state index contributed by atoms with van der Waals surface area (Å²) in [7, 11) is 0. The van der Waals surface area contributed by atoms with Crippen molar-refractivity contribution in [3.63, 3.8) is 0 Å². The smallest absolute Gasteiger partial charge is 0.316 e. The molecule has 41 heavy (non-hydrogen) atoms. The lowest BCUT2D eigenvalue weighted by Gasteiger charge is -2.35. The van der Waals surface area contributed by atoms with Crippen LogP contribution in [0.3, 0.4) is 0 Å². The maximum Gasteiger partial charge on any atom is 0.316 e. The Morgan fingerprint density at radius 2 is 1.95 bits per heavy atom. The molecule has 5 aliphatic rings. The van der Waals surface area contributed by atoms with Crippen LogP contribution < -0.4 is 15.0 Å². The molecule has 5 aliphatic heterocycles. The van der Waals surface area contributed by atoms with Gasteiger partial charge in [0, 0.05) is 48.6 Å². The van der Waals surface area contributed by atoms with Gasteiger partial charge >= 0.3 is 6.01 Å². The van der Waals surface area contributed by atoms with E-state index in [1.807, 2.05) is 18.2 Å². The van der Waals surface area contributed by atoms with E-state index in [2.05, 4.69) is 37.1 Å². The van der Waals surface area contributed by atoms with Crippen molar-refractivity contribution in [3.8, 4) is 6.01 Å². The van der Waals surface area contributed by atoms with Crippen LogP contribution in [0, 0.1) is 5.82 Å². The topological polar surface area (TPSA) is 53.5 Å². The maximum atomic E-state index is 14.6. The van der Waals surface area contributed by atoms with E-state index in [-0.39, 0.29) is 11.4 Å². The number of hydrogen-bond donors (Lipinski definition) is 1. The highest BCUT2D eigenvalue weighted by atomic mass is 79.9. The number of fused-ring (bicyclic) bond motifs is 5. The van der Waals surface area contributed by atoms with Gasteiger partial charge in [-0.2, -0.15) is 9.97 Å². The summed E-state index contributed by atoms with van der Waals surface area (Å²) in [6.07, 6.45) is 7.30. The van der Waals surface area contributed by atoms with Crippen LogP contribution in [0.4, 0.5) is 14.5 Å². The number of anilines is 1. The molecule has 0 radical (unpaired) electrons. The molecule has 4 saturated heterocycles. The molecule has 0 amide bonds. The van der Waals surface area contributed by atoms with Gasteiger partial charge < -0.3 is 15.0 Å². The summed E-state index contributed by atoms with van der Waals surface area (Å²) in [5.41, 5.74) is 4.18. The zero-order valence-electron chi connectivity index (χ0n) is 23.2. The van der Waals surface area contributed by atoms with Crippen LogP contribution in [0.1, 0.15) is 67.8 Å². The molecule has 216 valence electrons. The van der Waals surface area contributed by atoms with Crippen LogP contribution in [-0.4, -0.2) is 64.9 Å². The molecule has 4 fully saturated rings. The Hall–Kier alpha value is -2.36. The Labute approximate surface area is 248 Å². The third-order valence-corrected chi connectivity index (χ3v) is 11.2. The summed E-state index contributed by atoms with van der Waals surface area (Å²) >= 11 is 3.52. The molecular weight excluding hydrogens is 588 g/mol. The van der Waals surface area contributed by atoms with E-state index in [4.69, 9.17) is 14.7 Å². The van der Waals surface area contributed by atoms with E-state index in [1.54, 1.807) is 0 Å². The molecule has 0 unspecified atom stereocenters. The minimum atomic E-state index is -0.789. The van der Waals surface area contributed by atoms with Gasteiger partial charge in [0.2, 0.25) is 0 Å². The summed E-state index contributed by atoms with van der Waals surface area (Å²) < 4.78 is 36.0. The number of rotatable bonds is 5. The molecule has 0 aliphatic carbocycles. The predicted octanol–water partition coefficient (Wildman–Crippen LogP) is 6.05. The van der Waals surface area contributed by atoms with Gasteiger partial charge in [0.05, 0.1) is 27.9 Å². The number of aromatic nitrogens is 2. The number of nitrogens with zero attached hydrogens (tertiary/aromatic N) is 4. The van der Waals surface area contributed by atoms with Gasteiger partial charge in [-0.25, -0.2) is 8.78 Å². The molecule has 0 spiro atoms. The maximum absolute atomic E-state index is 14.6. The molecule has 9 heteroatoms. The van der Waals surface area contributed by atoms with Gasteiger partial charge in [0.15, 0.2) is 0 Å². The van der Waals surface area contributed by atoms with Crippen molar-refractivity contribution < 1.29 is 13.5 Å². The summed E-state index contributed by atoms with van der Waals surface area (Å²) in [5.74, 6) is 0.133. The highest BCUT2D eigenvalue weighted by Gasteiger charge is 2.49. The van der Waals surface area contributed by atoms with Gasteiger partial charge in [-0.05, 0) is 90.5 Å². The second-order valence-corrected chi connectivity index (χ2v) is 13.7. The van der Waals surface area contributed by atoms with Crippen molar-refractivity contribution in [2.45, 2.75) is 87.6 Å². The lowest BCUT2D eigenvalue weighted by molar-refractivity contribution is 0.106. The Balaban J connectivity index is 1.15. The molecule has 2 aromatic carbocycles. The molecule has 0 saturated carbocycles. The van der Waals surface area contributed by atoms with Crippen LogP contribution in [0.15, 0.2) is 34.8 Å². The summed E-state index contributed by atoms with van der Waals surface area (Å²) in [4.78, 5) is 14.7. The van der Waals surface area contributed by atoms with E-state index < -0.39 is 6.17 Å².